The van der Waals surface area contributed by atoms with Crippen molar-refractivity contribution in [3.05, 3.63) is 29.3 Å². The van der Waals surface area contributed by atoms with E-state index in [1.807, 2.05) is 11.8 Å². The summed E-state index contributed by atoms with van der Waals surface area (Å²) in [5.74, 6) is 1.22. The number of rotatable bonds is 4. The molecule has 1 aromatic carbocycles. The number of benzene rings is 1. The quantitative estimate of drug-likeness (QED) is 0.825. The molecule has 0 saturated carbocycles. The van der Waals surface area contributed by atoms with Gasteiger partial charge in [-0.3, -0.25) is 0 Å². The predicted octanol–water partition coefficient (Wildman–Crippen LogP) is 3.61. The van der Waals surface area contributed by atoms with E-state index in [-0.39, 0.29) is 5.38 Å². The Hall–Kier alpha value is -0.180. The highest BCUT2D eigenvalue weighted by Crippen LogP contribution is 2.35. The molecule has 0 radical (unpaired) electrons. The van der Waals surface area contributed by atoms with Crippen molar-refractivity contribution in [2.24, 2.45) is 0 Å². The second-order valence-electron chi connectivity index (χ2n) is 4.21. The number of aryl methyl sites for hydroxylation is 1. The maximum absolute atomic E-state index is 6.47. The first-order chi connectivity index (χ1) is 7.72. The van der Waals surface area contributed by atoms with E-state index in [0.717, 1.165) is 6.54 Å². The van der Waals surface area contributed by atoms with Gasteiger partial charge in [-0.15, -0.1) is 23.4 Å². The lowest BCUT2D eigenvalue weighted by atomic mass is 10.0. The highest BCUT2D eigenvalue weighted by Gasteiger charge is 2.18. The first-order valence-corrected chi connectivity index (χ1v) is 7.27. The Morgan fingerprint density at radius 3 is 3.06 bits per heavy atom. The molecule has 1 aliphatic rings. The maximum atomic E-state index is 6.47. The van der Waals surface area contributed by atoms with Crippen LogP contribution in [0.15, 0.2) is 23.1 Å². The summed E-state index contributed by atoms with van der Waals surface area (Å²) in [5, 5.41) is 3.43. The van der Waals surface area contributed by atoms with Crippen molar-refractivity contribution in [1.82, 2.24) is 5.32 Å². The topological polar surface area (TPSA) is 12.0 Å². The first-order valence-electron chi connectivity index (χ1n) is 5.85. The van der Waals surface area contributed by atoms with E-state index in [0.29, 0.717) is 6.04 Å². The molecule has 0 amide bonds. The van der Waals surface area contributed by atoms with Gasteiger partial charge in [0.05, 0.1) is 5.38 Å². The Morgan fingerprint density at radius 2 is 2.31 bits per heavy atom. The van der Waals surface area contributed by atoms with E-state index in [1.165, 1.54) is 28.2 Å². The summed E-state index contributed by atoms with van der Waals surface area (Å²) in [6.45, 7) is 5.21. The van der Waals surface area contributed by atoms with Gasteiger partial charge in [0, 0.05) is 16.7 Å². The summed E-state index contributed by atoms with van der Waals surface area (Å²) in [6.07, 6.45) is 1.20. The summed E-state index contributed by atoms with van der Waals surface area (Å²) >= 11 is 8.41. The second-order valence-corrected chi connectivity index (χ2v) is 5.82. The number of fused-ring (bicyclic) bond motifs is 1. The molecule has 2 rings (SSSR count). The van der Waals surface area contributed by atoms with Crippen LogP contribution >= 0.6 is 23.4 Å². The van der Waals surface area contributed by atoms with Crippen molar-refractivity contribution in [3.8, 4) is 0 Å². The molecule has 0 fully saturated rings. The largest absolute Gasteiger partial charge is 0.313 e. The van der Waals surface area contributed by atoms with Crippen LogP contribution < -0.4 is 5.32 Å². The highest BCUT2D eigenvalue weighted by molar-refractivity contribution is 7.99. The number of alkyl halides is 1. The van der Waals surface area contributed by atoms with Crippen LogP contribution in [0.25, 0.3) is 0 Å². The molecule has 0 bridgehead atoms. The van der Waals surface area contributed by atoms with Gasteiger partial charge in [0.15, 0.2) is 0 Å². The lowest BCUT2D eigenvalue weighted by molar-refractivity contribution is 0.551. The zero-order chi connectivity index (χ0) is 11.5. The third-order valence-electron chi connectivity index (χ3n) is 3.00. The minimum atomic E-state index is 0.0615. The van der Waals surface area contributed by atoms with Crippen molar-refractivity contribution in [2.45, 2.75) is 36.6 Å². The normalized spacial score (nSPS) is 18.2. The molecule has 88 valence electrons. The smallest absolute Gasteiger partial charge is 0.0736 e. The van der Waals surface area contributed by atoms with Crippen LogP contribution in [0.1, 0.15) is 30.4 Å². The van der Waals surface area contributed by atoms with Gasteiger partial charge in [-0.2, -0.15) is 0 Å². The Bertz CT molecular complexity index is 367. The zero-order valence-corrected chi connectivity index (χ0v) is 11.4. The van der Waals surface area contributed by atoms with E-state index in [2.05, 4.69) is 37.4 Å². The zero-order valence-electron chi connectivity index (χ0n) is 9.79. The summed E-state index contributed by atoms with van der Waals surface area (Å²) in [6, 6.07) is 6.99. The van der Waals surface area contributed by atoms with Crippen LogP contribution in [0.2, 0.25) is 0 Å². The lowest BCUT2D eigenvalue weighted by Gasteiger charge is -2.19. The van der Waals surface area contributed by atoms with E-state index < -0.39 is 0 Å². The molecule has 1 aliphatic heterocycles. The van der Waals surface area contributed by atoms with Crippen molar-refractivity contribution < 1.29 is 0 Å². The number of thioether (sulfide) groups is 1. The minimum Gasteiger partial charge on any atom is -0.313 e. The van der Waals surface area contributed by atoms with Crippen LogP contribution in [0.4, 0.5) is 0 Å². The van der Waals surface area contributed by atoms with Crippen LogP contribution in [0.3, 0.4) is 0 Å². The number of hydrogen-bond donors (Lipinski definition) is 1. The Kier molecular flexibility index (Phi) is 4.17. The number of halogens is 1. The molecule has 0 saturated heterocycles. The molecule has 1 N–H and O–H groups in total. The SMILES string of the molecule is CCNC(C)C(Cl)c1ccc2c(c1)SCC2. The third-order valence-corrected chi connectivity index (χ3v) is 4.73. The molecule has 1 heterocycles. The van der Waals surface area contributed by atoms with Gasteiger partial charge in [0.2, 0.25) is 0 Å². The minimum absolute atomic E-state index is 0.0615. The van der Waals surface area contributed by atoms with Gasteiger partial charge in [-0.25, -0.2) is 0 Å². The third kappa shape index (κ3) is 2.55. The molecule has 3 heteroatoms. The molecule has 0 aliphatic carbocycles. The molecule has 2 atom stereocenters. The van der Waals surface area contributed by atoms with E-state index in [4.69, 9.17) is 11.6 Å². The van der Waals surface area contributed by atoms with Crippen molar-refractivity contribution in [1.29, 1.82) is 0 Å². The van der Waals surface area contributed by atoms with Gasteiger partial charge < -0.3 is 5.32 Å². The van der Waals surface area contributed by atoms with Gasteiger partial charge >= 0.3 is 0 Å². The summed E-state index contributed by atoms with van der Waals surface area (Å²) in [5.41, 5.74) is 2.72. The number of likely N-dealkylation sites (N-methyl/N-ethyl adjacent to an activating group) is 1. The molecule has 0 spiro atoms. The molecule has 2 unspecified atom stereocenters. The van der Waals surface area contributed by atoms with Crippen molar-refractivity contribution in [3.63, 3.8) is 0 Å². The summed E-state index contributed by atoms with van der Waals surface area (Å²) in [7, 11) is 0. The Balaban J connectivity index is 2.14. The van der Waals surface area contributed by atoms with Crippen LogP contribution in [0.5, 0.6) is 0 Å². The van der Waals surface area contributed by atoms with Gasteiger partial charge in [-0.1, -0.05) is 19.1 Å². The molecular weight excluding hydrogens is 238 g/mol. The first kappa shape index (κ1) is 12.3. The lowest BCUT2D eigenvalue weighted by Crippen LogP contribution is -2.29. The van der Waals surface area contributed by atoms with E-state index >= 15 is 0 Å². The fourth-order valence-corrected chi connectivity index (χ4v) is 3.41. The molecule has 16 heavy (non-hydrogen) atoms. The standard InChI is InChI=1S/C13H18ClNS/c1-3-15-9(2)13(14)11-5-4-10-6-7-16-12(10)8-11/h4-5,8-9,13,15H,3,6-7H2,1-2H3. The second kappa shape index (κ2) is 5.44. The predicted molar refractivity (Wildman–Crippen MR) is 72.6 cm³/mol. The van der Waals surface area contributed by atoms with Crippen LogP contribution in [-0.2, 0) is 6.42 Å². The van der Waals surface area contributed by atoms with Crippen molar-refractivity contribution >= 4 is 23.4 Å². The summed E-state index contributed by atoms with van der Waals surface area (Å²) < 4.78 is 0. The monoisotopic (exact) mass is 255 g/mol. The average molecular weight is 256 g/mol. The Morgan fingerprint density at radius 1 is 1.50 bits per heavy atom. The molecule has 1 nitrogen and oxygen atoms in total. The van der Waals surface area contributed by atoms with E-state index in [9.17, 15) is 0 Å². The Labute approximate surface area is 107 Å². The van der Waals surface area contributed by atoms with Crippen molar-refractivity contribution in [2.75, 3.05) is 12.3 Å². The molecule has 1 aromatic rings. The van der Waals surface area contributed by atoms with Gasteiger partial charge in [-0.05, 0) is 37.1 Å². The van der Waals surface area contributed by atoms with Crippen LogP contribution in [-0.4, -0.2) is 18.3 Å². The number of hydrogen-bond acceptors (Lipinski definition) is 2. The molecular formula is C13H18ClNS. The van der Waals surface area contributed by atoms with Gasteiger partial charge in [0.25, 0.3) is 0 Å². The fourth-order valence-electron chi connectivity index (χ4n) is 2.07. The number of nitrogens with one attached hydrogen (secondary N) is 1. The summed E-state index contributed by atoms with van der Waals surface area (Å²) in [4.78, 5) is 1.42. The maximum Gasteiger partial charge on any atom is 0.0736 e. The molecule has 0 aromatic heterocycles. The average Bonchev–Trinajstić information content (AvgIpc) is 2.75. The van der Waals surface area contributed by atoms with Gasteiger partial charge in [0.1, 0.15) is 0 Å². The fraction of sp³-hybridized carbons (Fsp3) is 0.538. The highest BCUT2D eigenvalue weighted by atomic mass is 35.5. The van der Waals surface area contributed by atoms with Crippen LogP contribution in [0, 0.1) is 0 Å². The van der Waals surface area contributed by atoms with E-state index in [1.54, 1.807) is 0 Å².